The molecule has 19 heavy (non-hydrogen) atoms. The second-order valence-electron chi connectivity index (χ2n) is 4.79. The largest absolute Gasteiger partial charge is 0.376 e. The Balaban J connectivity index is 1.89. The number of hydrogen-bond donors (Lipinski definition) is 2. The second kappa shape index (κ2) is 4.63. The summed E-state index contributed by atoms with van der Waals surface area (Å²) in [6.45, 7) is 0. The molecule has 1 aliphatic carbocycles. The van der Waals surface area contributed by atoms with E-state index in [4.69, 9.17) is 5.73 Å². The zero-order valence-electron chi connectivity index (χ0n) is 10.2. The molecule has 3 N–H and O–H groups in total. The van der Waals surface area contributed by atoms with Gasteiger partial charge in [0.25, 0.3) is 0 Å². The smallest absolute Gasteiger partial charge is 0.149 e. The molecule has 0 aromatic heterocycles. The molecule has 0 amide bonds. The molecule has 3 rings (SSSR count). The van der Waals surface area contributed by atoms with Gasteiger partial charge in [-0.2, -0.15) is 0 Å². The Morgan fingerprint density at radius 1 is 1.05 bits per heavy atom. The molecule has 98 valence electrons. The molecule has 0 bridgehead atoms. The zero-order chi connectivity index (χ0) is 13.4. The fraction of sp³-hybridized carbons (Fsp3) is 0.200. The van der Waals surface area contributed by atoms with Crippen molar-refractivity contribution in [3.8, 4) is 0 Å². The van der Waals surface area contributed by atoms with Crippen molar-refractivity contribution in [2.45, 2.75) is 18.5 Å². The van der Waals surface area contributed by atoms with Gasteiger partial charge >= 0.3 is 0 Å². The van der Waals surface area contributed by atoms with E-state index in [9.17, 15) is 8.78 Å². The van der Waals surface area contributed by atoms with E-state index in [1.807, 2.05) is 24.3 Å². The minimum atomic E-state index is -0.585. The van der Waals surface area contributed by atoms with Gasteiger partial charge in [0.15, 0.2) is 0 Å². The first kappa shape index (κ1) is 12.1. The maximum absolute atomic E-state index is 13.6. The molecule has 2 aromatic rings. The highest BCUT2D eigenvalue weighted by Gasteiger charge is 2.28. The molecule has 1 aliphatic rings. The summed E-state index contributed by atoms with van der Waals surface area (Å²) in [7, 11) is 0. The topological polar surface area (TPSA) is 38.0 Å². The monoisotopic (exact) mass is 260 g/mol. The summed E-state index contributed by atoms with van der Waals surface area (Å²) >= 11 is 0. The third kappa shape index (κ3) is 2.19. The number of nitrogens with two attached hydrogens (primary N) is 1. The van der Waals surface area contributed by atoms with Crippen molar-refractivity contribution in [1.29, 1.82) is 0 Å². The van der Waals surface area contributed by atoms with Crippen LogP contribution in [0.25, 0.3) is 0 Å². The van der Waals surface area contributed by atoms with Gasteiger partial charge in [-0.05, 0) is 29.7 Å². The average Bonchev–Trinajstić information content (AvgIpc) is 2.71. The lowest BCUT2D eigenvalue weighted by Crippen LogP contribution is -2.11. The van der Waals surface area contributed by atoms with Gasteiger partial charge in [-0.25, -0.2) is 8.78 Å². The molecule has 0 heterocycles. The Morgan fingerprint density at radius 3 is 2.53 bits per heavy atom. The van der Waals surface area contributed by atoms with Crippen LogP contribution >= 0.6 is 0 Å². The van der Waals surface area contributed by atoms with E-state index < -0.39 is 11.6 Å². The number of fused-ring (bicyclic) bond motifs is 1. The van der Waals surface area contributed by atoms with E-state index in [1.165, 1.54) is 12.1 Å². The number of benzene rings is 2. The molecule has 2 unspecified atom stereocenters. The highest BCUT2D eigenvalue weighted by atomic mass is 19.1. The lowest BCUT2D eigenvalue weighted by Gasteiger charge is -2.16. The molecular formula is C15H14F2N2. The molecule has 4 heteroatoms. The van der Waals surface area contributed by atoms with Crippen LogP contribution in [0.1, 0.15) is 29.6 Å². The highest BCUT2D eigenvalue weighted by Crippen LogP contribution is 2.39. The summed E-state index contributed by atoms with van der Waals surface area (Å²) < 4.78 is 26.5. The van der Waals surface area contributed by atoms with Crippen molar-refractivity contribution < 1.29 is 8.78 Å². The molecular weight excluding hydrogens is 246 g/mol. The number of nitrogens with one attached hydrogen (secondary N) is 1. The normalized spacial score (nSPS) is 21.2. The Morgan fingerprint density at radius 2 is 1.79 bits per heavy atom. The fourth-order valence-corrected chi connectivity index (χ4v) is 2.60. The van der Waals surface area contributed by atoms with E-state index in [0.29, 0.717) is 12.1 Å². The molecule has 2 aromatic carbocycles. The van der Waals surface area contributed by atoms with Crippen LogP contribution in [0.15, 0.2) is 42.5 Å². The maximum Gasteiger partial charge on any atom is 0.149 e. The summed E-state index contributed by atoms with van der Waals surface area (Å²) in [5.41, 5.74) is 8.53. The highest BCUT2D eigenvalue weighted by molar-refractivity contribution is 5.50. The Kier molecular flexibility index (Phi) is 2.95. The molecule has 2 nitrogen and oxygen atoms in total. The first-order valence-corrected chi connectivity index (χ1v) is 6.21. The SMILES string of the molecule is NC1CC(Nc2ccc(F)cc2F)c2ccccc21. The van der Waals surface area contributed by atoms with Crippen molar-refractivity contribution in [3.05, 3.63) is 65.2 Å². The zero-order valence-corrected chi connectivity index (χ0v) is 10.2. The molecule has 0 saturated heterocycles. The van der Waals surface area contributed by atoms with Crippen molar-refractivity contribution in [3.63, 3.8) is 0 Å². The lowest BCUT2D eigenvalue weighted by atomic mass is 10.1. The van der Waals surface area contributed by atoms with Gasteiger partial charge in [0, 0.05) is 12.1 Å². The Hall–Kier alpha value is -1.94. The summed E-state index contributed by atoms with van der Waals surface area (Å²) in [4.78, 5) is 0. The van der Waals surface area contributed by atoms with Crippen molar-refractivity contribution in [1.82, 2.24) is 0 Å². The number of rotatable bonds is 2. The van der Waals surface area contributed by atoms with Crippen LogP contribution in [0.2, 0.25) is 0 Å². The number of anilines is 1. The van der Waals surface area contributed by atoms with Crippen molar-refractivity contribution in [2.24, 2.45) is 5.73 Å². The van der Waals surface area contributed by atoms with Crippen LogP contribution in [-0.4, -0.2) is 0 Å². The van der Waals surface area contributed by atoms with Gasteiger partial charge in [-0.3, -0.25) is 0 Å². The van der Waals surface area contributed by atoms with Gasteiger partial charge < -0.3 is 11.1 Å². The summed E-state index contributed by atoms with van der Waals surface area (Å²) in [5.74, 6) is -1.16. The molecule has 0 radical (unpaired) electrons. The van der Waals surface area contributed by atoms with Gasteiger partial charge in [0.2, 0.25) is 0 Å². The lowest BCUT2D eigenvalue weighted by molar-refractivity contribution is 0.580. The number of hydrogen-bond acceptors (Lipinski definition) is 2. The maximum atomic E-state index is 13.6. The van der Waals surface area contributed by atoms with E-state index in [0.717, 1.165) is 17.2 Å². The number of halogens is 2. The minimum absolute atomic E-state index is 0.0360. The van der Waals surface area contributed by atoms with Crippen LogP contribution < -0.4 is 11.1 Å². The predicted molar refractivity (Wildman–Crippen MR) is 70.7 cm³/mol. The Bertz CT molecular complexity index is 613. The quantitative estimate of drug-likeness (QED) is 0.867. The van der Waals surface area contributed by atoms with Crippen molar-refractivity contribution in [2.75, 3.05) is 5.32 Å². The Labute approximate surface area is 110 Å². The van der Waals surface area contributed by atoms with E-state index in [1.54, 1.807) is 0 Å². The van der Waals surface area contributed by atoms with E-state index in [2.05, 4.69) is 5.32 Å². The van der Waals surface area contributed by atoms with E-state index >= 15 is 0 Å². The van der Waals surface area contributed by atoms with Crippen LogP contribution in [0, 0.1) is 11.6 Å². The third-order valence-electron chi connectivity index (χ3n) is 3.52. The molecule has 0 saturated carbocycles. The summed E-state index contributed by atoms with van der Waals surface area (Å²) in [6, 6.07) is 11.3. The molecule has 2 atom stereocenters. The van der Waals surface area contributed by atoms with Crippen LogP contribution in [-0.2, 0) is 0 Å². The first-order chi connectivity index (χ1) is 9.15. The third-order valence-corrected chi connectivity index (χ3v) is 3.52. The van der Waals surface area contributed by atoms with Crippen LogP contribution in [0.4, 0.5) is 14.5 Å². The van der Waals surface area contributed by atoms with Crippen LogP contribution in [0.3, 0.4) is 0 Å². The van der Waals surface area contributed by atoms with Gasteiger partial charge in [-0.15, -0.1) is 0 Å². The average molecular weight is 260 g/mol. The van der Waals surface area contributed by atoms with Crippen LogP contribution in [0.5, 0.6) is 0 Å². The van der Waals surface area contributed by atoms with Gasteiger partial charge in [-0.1, -0.05) is 24.3 Å². The molecule has 0 fully saturated rings. The summed E-state index contributed by atoms with van der Waals surface area (Å²) in [5, 5.41) is 3.10. The first-order valence-electron chi connectivity index (χ1n) is 6.21. The van der Waals surface area contributed by atoms with Gasteiger partial charge in [0.05, 0.1) is 11.7 Å². The molecule has 0 spiro atoms. The second-order valence-corrected chi connectivity index (χ2v) is 4.79. The predicted octanol–water partition coefficient (Wildman–Crippen LogP) is 3.52. The minimum Gasteiger partial charge on any atom is -0.376 e. The fourth-order valence-electron chi connectivity index (χ4n) is 2.60. The van der Waals surface area contributed by atoms with Crippen molar-refractivity contribution >= 4 is 5.69 Å². The summed E-state index contributed by atoms with van der Waals surface area (Å²) in [6.07, 6.45) is 0.705. The molecule has 0 aliphatic heterocycles. The standard InChI is InChI=1S/C15H14F2N2/c16-9-5-6-14(12(17)7-9)19-15-8-13(18)10-3-1-2-4-11(10)15/h1-7,13,15,19H,8,18H2. The van der Waals surface area contributed by atoms with Gasteiger partial charge in [0.1, 0.15) is 11.6 Å². The van der Waals surface area contributed by atoms with E-state index in [-0.39, 0.29) is 12.1 Å².